The lowest BCUT2D eigenvalue weighted by atomic mass is 10.3. The van der Waals surface area contributed by atoms with Crippen LogP contribution in [0.2, 0.25) is 0 Å². The fourth-order valence-corrected chi connectivity index (χ4v) is 3.57. The highest BCUT2D eigenvalue weighted by atomic mass is 32.2. The van der Waals surface area contributed by atoms with Crippen LogP contribution in [0.15, 0.2) is 29.2 Å². The van der Waals surface area contributed by atoms with Crippen LogP contribution in [0.1, 0.15) is 19.3 Å². The maximum Gasteiger partial charge on any atom is 0.243 e. The molecule has 1 fully saturated rings. The topological polar surface area (TPSA) is 87.2 Å². The van der Waals surface area contributed by atoms with E-state index in [-0.39, 0.29) is 23.9 Å². The predicted octanol–water partition coefficient (Wildman–Crippen LogP) is 1.34. The molecule has 6 heteroatoms. The molecule has 0 atom stereocenters. The number of nitriles is 1. The lowest BCUT2D eigenvalue weighted by molar-refractivity contribution is 0.411. The largest absolute Gasteiger partial charge is 0.399 e. The van der Waals surface area contributed by atoms with Gasteiger partial charge in [-0.1, -0.05) is 6.07 Å². The van der Waals surface area contributed by atoms with E-state index in [9.17, 15) is 8.42 Å². The van der Waals surface area contributed by atoms with E-state index in [1.807, 2.05) is 6.07 Å². The third-order valence-corrected chi connectivity index (χ3v) is 4.81. The molecule has 0 heterocycles. The molecule has 1 aliphatic rings. The third kappa shape index (κ3) is 2.63. The van der Waals surface area contributed by atoms with E-state index in [1.54, 1.807) is 12.1 Å². The van der Waals surface area contributed by atoms with Crippen LogP contribution < -0.4 is 5.73 Å². The number of hydrogen-bond donors (Lipinski definition) is 1. The van der Waals surface area contributed by atoms with E-state index in [4.69, 9.17) is 11.0 Å². The van der Waals surface area contributed by atoms with Gasteiger partial charge in [-0.3, -0.25) is 0 Å². The molecular weight excluding hydrogens is 250 g/mol. The van der Waals surface area contributed by atoms with Crippen molar-refractivity contribution in [2.24, 2.45) is 0 Å². The minimum Gasteiger partial charge on any atom is -0.399 e. The van der Waals surface area contributed by atoms with Crippen LogP contribution in [-0.2, 0) is 10.0 Å². The van der Waals surface area contributed by atoms with E-state index in [1.165, 1.54) is 16.4 Å². The van der Waals surface area contributed by atoms with Gasteiger partial charge in [0.15, 0.2) is 0 Å². The van der Waals surface area contributed by atoms with Crippen molar-refractivity contribution in [3.63, 3.8) is 0 Å². The second kappa shape index (κ2) is 4.96. The Balaban J connectivity index is 2.30. The summed E-state index contributed by atoms with van der Waals surface area (Å²) in [4.78, 5) is 0.201. The number of nitrogens with zero attached hydrogens (tertiary/aromatic N) is 2. The molecule has 96 valence electrons. The van der Waals surface area contributed by atoms with E-state index in [2.05, 4.69) is 0 Å². The first-order valence-electron chi connectivity index (χ1n) is 5.80. The first-order chi connectivity index (χ1) is 8.55. The SMILES string of the molecule is N#CCCN(C1CC1)S(=O)(=O)c1cccc(N)c1. The van der Waals surface area contributed by atoms with Gasteiger partial charge in [-0.2, -0.15) is 9.57 Å². The molecule has 1 saturated carbocycles. The van der Waals surface area contributed by atoms with Gasteiger partial charge in [0.2, 0.25) is 10.0 Å². The van der Waals surface area contributed by atoms with Crippen LogP contribution in [0.25, 0.3) is 0 Å². The second-order valence-corrected chi connectivity index (χ2v) is 6.22. The van der Waals surface area contributed by atoms with Crippen molar-refractivity contribution in [3.05, 3.63) is 24.3 Å². The fraction of sp³-hybridized carbons (Fsp3) is 0.417. The van der Waals surface area contributed by atoms with Gasteiger partial charge < -0.3 is 5.73 Å². The van der Waals surface area contributed by atoms with Crippen molar-refractivity contribution in [3.8, 4) is 6.07 Å². The summed E-state index contributed by atoms with van der Waals surface area (Å²) in [5.74, 6) is 0. The minimum atomic E-state index is -3.53. The van der Waals surface area contributed by atoms with Gasteiger partial charge in [0, 0.05) is 24.7 Å². The summed E-state index contributed by atoms with van der Waals surface area (Å²) in [7, 11) is -3.53. The third-order valence-electron chi connectivity index (χ3n) is 2.86. The Morgan fingerprint density at radius 1 is 1.44 bits per heavy atom. The zero-order chi connectivity index (χ0) is 13.2. The first-order valence-corrected chi connectivity index (χ1v) is 7.24. The molecule has 5 nitrogen and oxygen atoms in total. The van der Waals surface area contributed by atoms with Crippen LogP contribution in [0, 0.1) is 11.3 Å². The van der Waals surface area contributed by atoms with Crippen molar-refractivity contribution in [2.45, 2.75) is 30.2 Å². The molecule has 0 aliphatic heterocycles. The molecule has 0 aromatic heterocycles. The standard InChI is InChI=1S/C12H15N3O2S/c13-7-2-8-15(11-5-6-11)18(16,17)12-4-1-3-10(14)9-12/h1,3-4,9,11H,2,5-6,8,14H2. The lowest BCUT2D eigenvalue weighted by Crippen LogP contribution is -2.34. The van der Waals surface area contributed by atoms with E-state index < -0.39 is 10.0 Å². The van der Waals surface area contributed by atoms with Crippen LogP contribution in [-0.4, -0.2) is 25.3 Å². The Labute approximate surface area is 107 Å². The number of hydrogen-bond acceptors (Lipinski definition) is 4. The molecule has 0 radical (unpaired) electrons. The van der Waals surface area contributed by atoms with Gasteiger partial charge in [-0.15, -0.1) is 0 Å². The molecule has 1 aliphatic carbocycles. The molecule has 1 aromatic rings. The van der Waals surface area contributed by atoms with Gasteiger partial charge in [-0.05, 0) is 31.0 Å². The van der Waals surface area contributed by atoms with Crippen molar-refractivity contribution >= 4 is 15.7 Å². The number of benzene rings is 1. The summed E-state index contributed by atoms with van der Waals surface area (Å²) in [6, 6.07) is 8.29. The highest BCUT2D eigenvalue weighted by Gasteiger charge is 2.37. The number of rotatable bonds is 5. The number of nitrogen functional groups attached to an aromatic ring is 1. The summed E-state index contributed by atoms with van der Waals surface area (Å²) >= 11 is 0. The molecule has 0 saturated heterocycles. The lowest BCUT2D eigenvalue weighted by Gasteiger charge is -2.20. The number of nitrogens with two attached hydrogens (primary N) is 1. The van der Waals surface area contributed by atoms with Crippen LogP contribution in [0.4, 0.5) is 5.69 Å². The molecule has 0 amide bonds. The normalized spacial score (nSPS) is 15.6. The molecule has 0 spiro atoms. The van der Waals surface area contributed by atoms with E-state index in [0.717, 1.165) is 12.8 Å². The van der Waals surface area contributed by atoms with Crippen LogP contribution in [0.5, 0.6) is 0 Å². The van der Waals surface area contributed by atoms with Crippen molar-refractivity contribution < 1.29 is 8.42 Å². The molecule has 18 heavy (non-hydrogen) atoms. The Bertz CT molecular complexity index is 573. The second-order valence-electron chi connectivity index (χ2n) is 4.33. The highest BCUT2D eigenvalue weighted by Crippen LogP contribution is 2.32. The summed E-state index contributed by atoms with van der Waals surface area (Å²) in [5, 5.41) is 8.61. The number of sulfonamides is 1. The average molecular weight is 265 g/mol. The fourth-order valence-electron chi connectivity index (χ4n) is 1.83. The summed E-state index contributed by atoms with van der Waals surface area (Å²) in [6.45, 7) is 0.248. The minimum absolute atomic E-state index is 0.0461. The van der Waals surface area contributed by atoms with Gasteiger partial charge in [-0.25, -0.2) is 8.42 Å². The van der Waals surface area contributed by atoms with Gasteiger partial charge >= 0.3 is 0 Å². The first kappa shape index (κ1) is 12.9. The van der Waals surface area contributed by atoms with Crippen LogP contribution >= 0.6 is 0 Å². The average Bonchev–Trinajstić information content (AvgIpc) is 3.14. The van der Waals surface area contributed by atoms with Gasteiger partial charge in [0.1, 0.15) is 0 Å². The molecule has 2 rings (SSSR count). The summed E-state index contributed by atoms with van der Waals surface area (Å²) in [5.41, 5.74) is 6.04. The molecule has 2 N–H and O–H groups in total. The van der Waals surface area contributed by atoms with Gasteiger partial charge in [0.05, 0.1) is 11.0 Å². The Morgan fingerprint density at radius 3 is 2.72 bits per heavy atom. The zero-order valence-corrected chi connectivity index (χ0v) is 10.7. The smallest absolute Gasteiger partial charge is 0.243 e. The van der Waals surface area contributed by atoms with Crippen molar-refractivity contribution in [2.75, 3.05) is 12.3 Å². The quantitative estimate of drug-likeness (QED) is 0.814. The Hall–Kier alpha value is -1.58. The molecule has 1 aromatic carbocycles. The Morgan fingerprint density at radius 2 is 2.17 bits per heavy atom. The van der Waals surface area contributed by atoms with E-state index in [0.29, 0.717) is 5.69 Å². The zero-order valence-electron chi connectivity index (χ0n) is 9.91. The maximum atomic E-state index is 12.4. The van der Waals surface area contributed by atoms with Crippen molar-refractivity contribution in [1.82, 2.24) is 4.31 Å². The maximum absolute atomic E-state index is 12.4. The number of anilines is 1. The van der Waals surface area contributed by atoms with Gasteiger partial charge in [0.25, 0.3) is 0 Å². The Kier molecular flexibility index (Phi) is 3.55. The highest BCUT2D eigenvalue weighted by molar-refractivity contribution is 7.89. The molecule has 0 unspecified atom stereocenters. The summed E-state index contributed by atoms with van der Waals surface area (Å²) in [6.07, 6.45) is 1.94. The van der Waals surface area contributed by atoms with Crippen LogP contribution in [0.3, 0.4) is 0 Å². The predicted molar refractivity (Wildman–Crippen MR) is 68.0 cm³/mol. The monoisotopic (exact) mass is 265 g/mol. The molecule has 0 bridgehead atoms. The van der Waals surface area contributed by atoms with E-state index >= 15 is 0 Å². The summed E-state index contributed by atoms with van der Waals surface area (Å²) < 4.78 is 26.3. The van der Waals surface area contributed by atoms with Crippen molar-refractivity contribution in [1.29, 1.82) is 5.26 Å². The molecular formula is C12H15N3O2S.